The highest BCUT2D eigenvalue weighted by Crippen LogP contribution is 2.21. The van der Waals surface area contributed by atoms with Crippen molar-refractivity contribution in [3.63, 3.8) is 0 Å². The van der Waals surface area contributed by atoms with Crippen LogP contribution in [0.2, 0.25) is 5.02 Å². The number of rotatable bonds is 3. The van der Waals surface area contributed by atoms with Gasteiger partial charge in [0, 0.05) is 22.6 Å². The summed E-state index contributed by atoms with van der Waals surface area (Å²) in [5.41, 5.74) is 4.47. The van der Waals surface area contributed by atoms with Crippen LogP contribution in [0.4, 0.5) is 5.69 Å². The number of aryl methyl sites for hydroxylation is 1. The first-order valence-electron chi connectivity index (χ1n) is 9.14. The van der Waals surface area contributed by atoms with E-state index in [1.165, 1.54) is 5.56 Å². The van der Waals surface area contributed by atoms with Gasteiger partial charge in [0.05, 0.1) is 17.8 Å². The first-order chi connectivity index (χ1) is 13.6. The Morgan fingerprint density at radius 2 is 2.00 bits per heavy atom. The summed E-state index contributed by atoms with van der Waals surface area (Å²) >= 11 is 6.01. The summed E-state index contributed by atoms with van der Waals surface area (Å²) in [5.74, 6) is -1.42. The van der Waals surface area contributed by atoms with Crippen LogP contribution in [0.1, 0.15) is 23.2 Å². The van der Waals surface area contributed by atoms with Crippen LogP contribution in [-0.2, 0) is 29.1 Å². The molecule has 0 aliphatic carbocycles. The van der Waals surface area contributed by atoms with E-state index in [1.807, 2.05) is 18.2 Å². The molecule has 0 unspecified atom stereocenters. The number of H-pyrrole nitrogens is 1. The van der Waals surface area contributed by atoms with Gasteiger partial charge < -0.3 is 16.0 Å². The van der Waals surface area contributed by atoms with E-state index >= 15 is 0 Å². The molecule has 2 amide bonds. The van der Waals surface area contributed by atoms with Gasteiger partial charge in [-0.3, -0.25) is 14.7 Å². The highest BCUT2D eigenvalue weighted by molar-refractivity contribution is 6.39. The second-order valence-electron chi connectivity index (χ2n) is 6.76. The van der Waals surface area contributed by atoms with Crippen molar-refractivity contribution in [1.82, 2.24) is 20.8 Å². The second kappa shape index (κ2) is 8.00. The molecule has 8 heteroatoms. The van der Waals surface area contributed by atoms with Gasteiger partial charge in [0.25, 0.3) is 0 Å². The van der Waals surface area contributed by atoms with E-state index in [2.05, 4.69) is 26.1 Å². The molecule has 1 aliphatic heterocycles. The van der Waals surface area contributed by atoms with Crippen molar-refractivity contribution < 1.29 is 9.59 Å². The van der Waals surface area contributed by atoms with E-state index in [0.717, 1.165) is 42.4 Å². The van der Waals surface area contributed by atoms with Gasteiger partial charge in [0.1, 0.15) is 0 Å². The molecule has 0 atom stereocenters. The van der Waals surface area contributed by atoms with Gasteiger partial charge in [0.15, 0.2) is 0 Å². The topological polar surface area (TPSA) is 98.9 Å². The Morgan fingerprint density at radius 3 is 2.89 bits per heavy atom. The Balaban J connectivity index is 1.39. The van der Waals surface area contributed by atoms with E-state index in [9.17, 15) is 9.59 Å². The number of benzene rings is 2. The molecule has 4 rings (SSSR count). The highest BCUT2D eigenvalue weighted by Gasteiger charge is 2.16. The van der Waals surface area contributed by atoms with Gasteiger partial charge in [0.2, 0.25) is 0 Å². The Hall–Kier alpha value is -2.90. The van der Waals surface area contributed by atoms with Crippen molar-refractivity contribution in [2.75, 3.05) is 11.9 Å². The number of anilines is 1. The first kappa shape index (κ1) is 18.5. The quantitative estimate of drug-likeness (QED) is 0.510. The lowest BCUT2D eigenvalue weighted by Gasteiger charge is -2.10. The highest BCUT2D eigenvalue weighted by atomic mass is 35.5. The number of carbonyl (C=O) groups excluding carboxylic acids is 2. The third kappa shape index (κ3) is 4.00. The predicted molar refractivity (Wildman–Crippen MR) is 108 cm³/mol. The number of fused-ring (bicyclic) bond motifs is 2. The average Bonchev–Trinajstić information content (AvgIpc) is 2.93. The minimum Gasteiger partial charge on any atom is -0.342 e. The van der Waals surface area contributed by atoms with Gasteiger partial charge in [-0.25, -0.2) is 0 Å². The number of hydrogen-bond acceptors (Lipinski definition) is 4. The van der Waals surface area contributed by atoms with Crippen LogP contribution in [0.3, 0.4) is 0 Å². The summed E-state index contributed by atoms with van der Waals surface area (Å²) < 4.78 is 0. The summed E-state index contributed by atoms with van der Waals surface area (Å²) in [6.45, 7) is 1.89. The molecule has 7 nitrogen and oxygen atoms in total. The SMILES string of the molecule is O=C(NCc1[nH]nc2ccc(Cl)cc12)C(=O)Nc1ccc2c(c1)CNCCC2. The second-order valence-corrected chi connectivity index (χ2v) is 7.20. The number of nitrogens with zero attached hydrogens (tertiary/aromatic N) is 1. The van der Waals surface area contributed by atoms with Gasteiger partial charge in [-0.2, -0.15) is 5.10 Å². The van der Waals surface area contributed by atoms with Crippen LogP contribution in [0.5, 0.6) is 0 Å². The number of carbonyl (C=O) groups is 2. The maximum Gasteiger partial charge on any atom is 0.313 e. The number of amides is 2. The molecule has 28 heavy (non-hydrogen) atoms. The fourth-order valence-corrected chi connectivity index (χ4v) is 3.52. The number of nitrogens with one attached hydrogen (secondary N) is 4. The monoisotopic (exact) mass is 397 g/mol. The van der Waals surface area contributed by atoms with E-state index in [4.69, 9.17) is 11.6 Å². The molecule has 2 heterocycles. The Morgan fingerprint density at radius 1 is 1.11 bits per heavy atom. The fraction of sp³-hybridized carbons (Fsp3) is 0.250. The normalized spacial score (nSPS) is 13.6. The maximum atomic E-state index is 12.2. The van der Waals surface area contributed by atoms with E-state index in [1.54, 1.807) is 18.2 Å². The van der Waals surface area contributed by atoms with Gasteiger partial charge in [-0.1, -0.05) is 17.7 Å². The zero-order valence-electron chi connectivity index (χ0n) is 15.1. The smallest absolute Gasteiger partial charge is 0.313 e. The molecule has 1 aromatic heterocycles. The van der Waals surface area contributed by atoms with Crippen LogP contribution < -0.4 is 16.0 Å². The van der Waals surface area contributed by atoms with E-state index < -0.39 is 11.8 Å². The van der Waals surface area contributed by atoms with Crippen LogP contribution in [0, 0.1) is 0 Å². The van der Waals surface area contributed by atoms with E-state index in [0.29, 0.717) is 16.4 Å². The maximum absolute atomic E-state index is 12.2. The number of aromatic nitrogens is 2. The molecular weight excluding hydrogens is 378 g/mol. The number of hydrogen-bond donors (Lipinski definition) is 4. The third-order valence-electron chi connectivity index (χ3n) is 4.81. The molecule has 4 N–H and O–H groups in total. The van der Waals surface area contributed by atoms with Crippen molar-refractivity contribution in [2.45, 2.75) is 25.9 Å². The number of halogens is 1. The molecule has 0 radical (unpaired) electrons. The summed E-state index contributed by atoms with van der Waals surface area (Å²) in [7, 11) is 0. The zero-order valence-corrected chi connectivity index (χ0v) is 15.9. The number of aromatic amines is 1. The molecule has 0 saturated carbocycles. The molecule has 3 aromatic rings. The average molecular weight is 398 g/mol. The molecule has 1 aliphatic rings. The van der Waals surface area contributed by atoms with Crippen LogP contribution >= 0.6 is 11.6 Å². The minimum absolute atomic E-state index is 0.150. The van der Waals surface area contributed by atoms with Crippen LogP contribution in [0.25, 0.3) is 10.9 Å². The van der Waals surface area contributed by atoms with E-state index in [-0.39, 0.29) is 6.54 Å². The summed E-state index contributed by atoms with van der Waals surface area (Å²) in [4.78, 5) is 24.4. The fourth-order valence-electron chi connectivity index (χ4n) is 3.35. The van der Waals surface area contributed by atoms with Crippen molar-refractivity contribution in [3.8, 4) is 0 Å². The molecule has 2 aromatic carbocycles. The lowest BCUT2D eigenvalue weighted by atomic mass is 10.0. The Labute approximate surface area is 166 Å². The first-order valence-corrected chi connectivity index (χ1v) is 9.52. The third-order valence-corrected chi connectivity index (χ3v) is 5.04. The lowest BCUT2D eigenvalue weighted by molar-refractivity contribution is -0.136. The molecular formula is C20H20ClN5O2. The standard InChI is InChI=1S/C20H20ClN5O2/c21-14-4-6-17-16(9-14)18(26-25-17)11-23-19(27)20(28)24-15-5-3-12-2-1-7-22-10-13(12)8-15/h3-6,8-9,22H,1-2,7,10-11H2,(H,23,27)(H,24,28)(H,25,26). The molecule has 0 spiro atoms. The van der Waals surface area contributed by atoms with Crippen molar-refractivity contribution in [2.24, 2.45) is 0 Å². The van der Waals surface area contributed by atoms with Crippen molar-refractivity contribution in [1.29, 1.82) is 0 Å². The van der Waals surface area contributed by atoms with Gasteiger partial charge in [-0.15, -0.1) is 0 Å². The van der Waals surface area contributed by atoms with Crippen molar-refractivity contribution >= 4 is 40.0 Å². The Bertz CT molecular complexity index is 1050. The van der Waals surface area contributed by atoms with Gasteiger partial charge >= 0.3 is 11.8 Å². The summed E-state index contributed by atoms with van der Waals surface area (Å²) in [6.07, 6.45) is 2.10. The minimum atomic E-state index is -0.710. The van der Waals surface area contributed by atoms with Crippen LogP contribution in [-0.4, -0.2) is 28.6 Å². The molecule has 0 bridgehead atoms. The Kier molecular flexibility index (Phi) is 5.27. The summed E-state index contributed by atoms with van der Waals surface area (Å²) in [5, 5.41) is 17.0. The van der Waals surface area contributed by atoms with Crippen molar-refractivity contribution in [3.05, 3.63) is 58.2 Å². The molecule has 0 fully saturated rings. The predicted octanol–water partition coefficient (Wildman–Crippen LogP) is 2.51. The molecule has 0 saturated heterocycles. The molecule has 144 valence electrons. The largest absolute Gasteiger partial charge is 0.342 e. The van der Waals surface area contributed by atoms with Crippen LogP contribution in [0.15, 0.2) is 36.4 Å². The van der Waals surface area contributed by atoms with Gasteiger partial charge in [-0.05, 0) is 60.8 Å². The zero-order chi connectivity index (χ0) is 19.5. The lowest BCUT2D eigenvalue weighted by Crippen LogP contribution is -2.35. The summed E-state index contributed by atoms with van der Waals surface area (Å²) in [6, 6.07) is 11.1.